The van der Waals surface area contributed by atoms with Crippen LogP contribution in [-0.2, 0) is 18.1 Å². The lowest BCUT2D eigenvalue weighted by Crippen LogP contribution is -2.14. The summed E-state index contributed by atoms with van der Waals surface area (Å²) >= 11 is 0. The maximum Gasteiger partial charge on any atom is 0.235 e. The Morgan fingerprint density at radius 1 is 1.03 bits per heavy atom. The molecule has 0 unspecified atom stereocenters. The zero-order chi connectivity index (χ0) is 21.5. The molecule has 7 heteroatoms. The van der Waals surface area contributed by atoms with Crippen molar-refractivity contribution in [2.24, 2.45) is 10.9 Å². The molecule has 2 heterocycles. The molecule has 0 saturated carbocycles. The minimum atomic E-state index is 0.0732. The SMILES string of the molecule is Cc1ccc(-c2cnc(CON=C(N)c3cccc(OCc4cccnc4)c3)o2)cc1. The van der Waals surface area contributed by atoms with Gasteiger partial charge in [0.05, 0.1) is 6.20 Å². The molecule has 0 aliphatic heterocycles. The summed E-state index contributed by atoms with van der Waals surface area (Å²) in [6, 6.07) is 19.2. The standard InChI is InChI=1S/C24H22N4O3/c1-17-7-9-19(10-8-17)22-14-27-23(31-22)16-30-28-24(25)20-5-2-6-21(12-20)29-15-18-4-3-11-26-13-18/h2-14H,15-16H2,1H3,(H2,25,28). The first-order valence-electron chi connectivity index (χ1n) is 9.77. The quantitative estimate of drug-likeness (QED) is 0.260. The lowest BCUT2D eigenvalue weighted by molar-refractivity contribution is 0.111. The number of benzene rings is 2. The van der Waals surface area contributed by atoms with Crippen LogP contribution in [0.25, 0.3) is 11.3 Å². The zero-order valence-electron chi connectivity index (χ0n) is 17.1. The summed E-state index contributed by atoms with van der Waals surface area (Å²) in [5, 5.41) is 3.97. The summed E-state index contributed by atoms with van der Waals surface area (Å²) in [6.45, 7) is 2.52. The fourth-order valence-electron chi connectivity index (χ4n) is 2.83. The summed E-state index contributed by atoms with van der Waals surface area (Å²) in [6.07, 6.45) is 5.16. The first kappa shape index (κ1) is 20.2. The molecule has 0 atom stereocenters. The van der Waals surface area contributed by atoms with E-state index in [-0.39, 0.29) is 12.4 Å². The molecule has 0 amide bonds. The summed E-state index contributed by atoms with van der Waals surface area (Å²) in [7, 11) is 0. The van der Waals surface area contributed by atoms with Crippen LogP contribution in [0, 0.1) is 6.92 Å². The molecule has 2 aromatic carbocycles. The van der Waals surface area contributed by atoms with Crippen molar-refractivity contribution in [2.45, 2.75) is 20.1 Å². The zero-order valence-corrected chi connectivity index (χ0v) is 17.1. The van der Waals surface area contributed by atoms with Crippen LogP contribution >= 0.6 is 0 Å². The van der Waals surface area contributed by atoms with Crippen molar-refractivity contribution in [2.75, 3.05) is 0 Å². The van der Waals surface area contributed by atoms with Crippen LogP contribution in [0.5, 0.6) is 5.75 Å². The minimum Gasteiger partial charge on any atom is -0.489 e. The van der Waals surface area contributed by atoms with Crippen molar-refractivity contribution in [1.82, 2.24) is 9.97 Å². The molecule has 0 aliphatic carbocycles. The number of nitrogens with zero attached hydrogens (tertiary/aromatic N) is 3. The predicted octanol–water partition coefficient (Wildman–Crippen LogP) is 4.46. The third-order valence-corrected chi connectivity index (χ3v) is 4.50. The first-order valence-corrected chi connectivity index (χ1v) is 9.77. The second-order valence-corrected chi connectivity index (χ2v) is 6.91. The maximum atomic E-state index is 6.05. The average molecular weight is 414 g/mol. The van der Waals surface area contributed by atoms with Crippen molar-refractivity contribution >= 4 is 5.84 Å². The highest BCUT2D eigenvalue weighted by atomic mass is 16.6. The predicted molar refractivity (Wildman–Crippen MR) is 117 cm³/mol. The Balaban J connectivity index is 1.34. The van der Waals surface area contributed by atoms with Gasteiger partial charge in [0.2, 0.25) is 5.89 Å². The number of amidine groups is 1. The summed E-state index contributed by atoms with van der Waals surface area (Å²) < 4.78 is 11.5. The van der Waals surface area contributed by atoms with Crippen LogP contribution in [0.2, 0.25) is 0 Å². The van der Waals surface area contributed by atoms with E-state index in [9.17, 15) is 0 Å². The second kappa shape index (κ2) is 9.58. The van der Waals surface area contributed by atoms with E-state index in [2.05, 4.69) is 15.1 Å². The highest BCUT2D eigenvalue weighted by Crippen LogP contribution is 2.21. The van der Waals surface area contributed by atoms with Gasteiger partial charge in [-0.1, -0.05) is 53.2 Å². The number of hydrogen-bond donors (Lipinski definition) is 1. The van der Waals surface area contributed by atoms with Gasteiger partial charge in [0, 0.05) is 29.1 Å². The monoisotopic (exact) mass is 414 g/mol. The molecule has 4 rings (SSSR count). The van der Waals surface area contributed by atoms with Crippen molar-refractivity contribution < 1.29 is 14.0 Å². The molecule has 31 heavy (non-hydrogen) atoms. The number of hydrogen-bond acceptors (Lipinski definition) is 6. The number of nitrogens with two attached hydrogens (primary N) is 1. The van der Waals surface area contributed by atoms with E-state index in [4.69, 9.17) is 19.7 Å². The Labute approximate surface area is 180 Å². The van der Waals surface area contributed by atoms with Crippen LogP contribution < -0.4 is 10.5 Å². The van der Waals surface area contributed by atoms with E-state index < -0.39 is 0 Å². The number of aryl methyl sites for hydroxylation is 1. The van der Waals surface area contributed by atoms with Crippen molar-refractivity contribution in [3.63, 3.8) is 0 Å². The van der Waals surface area contributed by atoms with Gasteiger partial charge in [-0.2, -0.15) is 0 Å². The molecule has 7 nitrogen and oxygen atoms in total. The number of rotatable bonds is 8. The number of oxazole rings is 1. The van der Waals surface area contributed by atoms with E-state index in [0.717, 1.165) is 11.1 Å². The second-order valence-electron chi connectivity index (χ2n) is 6.91. The Morgan fingerprint density at radius 3 is 2.71 bits per heavy atom. The normalized spacial score (nSPS) is 11.3. The molecule has 0 fully saturated rings. The summed E-state index contributed by atoms with van der Waals surface area (Å²) in [5.41, 5.74) is 9.86. The lowest BCUT2D eigenvalue weighted by atomic mass is 10.1. The third kappa shape index (κ3) is 5.48. The van der Waals surface area contributed by atoms with Gasteiger partial charge in [-0.25, -0.2) is 4.98 Å². The van der Waals surface area contributed by atoms with Crippen LogP contribution in [0.3, 0.4) is 0 Å². The number of oxime groups is 1. The van der Waals surface area contributed by atoms with Gasteiger partial charge in [0.25, 0.3) is 0 Å². The fourth-order valence-corrected chi connectivity index (χ4v) is 2.83. The van der Waals surface area contributed by atoms with E-state index in [0.29, 0.717) is 29.6 Å². The smallest absolute Gasteiger partial charge is 0.235 e. The highest BCUT2D eigenvalue weighted by Gasteiger charge is 2.07. The Hall–Kier alpha value is -4.13. The van der Waals surface area contributed by atoms with Crippen LogP contribution in [0.4, 0.5) is 0 Å². The Kier molecular flexibility index (Phi) is 6.23. The number of aromatic nitrogens is 2. The molecule has 2 N–H and O–H groups in total. The van der Waals surface area contributed by atoms with Crippen molar-refractivity contribution in [3.05, 3.63) is 102 Å². The number of ether oxygens (including phenoxy) is 1. The van der Waals surface area contributed by atoms with Gasteiger partial charge in [0.15, 0.2) is 18.2 Å². The van der Waals surface area contributed by atoms with E-state index in [1.807, 2.05) is 61.5 Å². The number of pyridine rings is 1. The lowest BCUT2D eigenvalue weighted by Gasteiger charge is -2.07. The molecule has 0 aliphatic rings. The molecule has 156 valence electrons. The average Bonchev–Trinajstić information content (AvgIpc) is 3.28. The van der Waals surface area contributed by atoms with Crippen molar-refractivity contribution in [1.29, 1.82) is 0 Å². The Morgan fingerprint density at radius 2 is 1.90 bits per heavy atom. The third-order valence-electron chi connectivity index (χ3n) is 4.50. The first-order chi connectivity index (χ1) is 15.2. The van der Waals surface area contributed by atoms with Crippen LogP contribution in [0.15, 0.2) is 88.8 Å². The summed E-state index contributed by atoms with van der Waals surface area (Å²) in [5.74, 6) is 2.00. The molecule has 2 aromatic heterocycles. The van der Waals surface area contributed by atoms with Gasteiger partial charge in [-0.15, -0.1) is 0 Å². The molecule has 0 saturated heterocycles. The van der Waals surface area contributed by atoms with E-state index >= 15 is 0 Å². The molecular weight excluding hydrogens is 392 g/mol. The molecule has 4 aromatic rings. The van der Waals surface area contributed by atoms with Crippen LogP contribution in [-0.4, -0.2) is 15.8 Å². The minimum absolute atomic E-state index is 0.0732. The maximum absolute atomic E-state index is 6.05. The Bertz CT molecular complexity index is 1150. The van der Waals surface area contributed by atoms with Crippen molar-refractivity contribution in [3.8, 4) is 17.1 Å². The van der Waals surface area contributed by atoms with Gasteiger partial charge in [-0.05, 0) is 25.1 Å². The van der Waals surface area contributed by atoms with Gasteiger partial charge < -0.3 is 19.7 Å². The molecule has 0 spiro atoms. The highest BCUT2D eigenvalue weighted by molar-refractivity contribution is 5.97. The molecule has 0 bridgehead atoms. The summed E-state index contributed by atoms with van der Waals surface area (Å²) in [4.78, 5) is 13.6. The fraction of sp³-hybridized carbons (Fsp3) is 0.125. The topological polar surface area (TPSA) is 95.8 Å². The van der Waals surface area contributed by atoms with Gasteiger partial charge >= 0.3 is 0 Å². The van der Waals surface area contributed by atoms with Crippen LogP contribution in [0.1, 0.15) is 22.6 Å². The largest absolute Gasteiger partial charge is 0.489 e. The van der Waals surface area contributed by atoms with Gasteiger partial charge in [0.1, 0.15) is 12.4 Å². The molecule has 0 radical (unpaired) electrons. The van der Waals surface area contributed by atoms with E-state index in [1.54, 1.807) is 24.7 Å². The molecular formula is C24H22N4O3. The van der Waals surface area contributed by atoms with E-state index in [1.165, 1.54) is 5.56 Å². The van der Waals surface area contributed by atoms with Gasteiger partial charge in [-0.3, -0.25) is 4.98 Å².